The van der Waals surface area contributed by atoms with Crippen LogP contribution in [0.5, 0.6) is 0 Å². The van der Waals surface area contributed by atoms with E-state index in [2.05, 4.69) is 20.4 Å². The number of hydrogen-bond acceptors (Lipinski definition) is 5. The second-order valence-electron chi connectivity index (χ2n) is 5.30. The molecule has 1 N–H and O–H groups in total. The van der Waals surface area contributed by atoms with Crippen molar-refractivity contribution in [1.82, 2.24) is 19.7 Å². The van der Waals surface area contributed by atoms with Crippen molar-refractivity contribution in [1.29, 1.82) is 0 Å². The summed E-state index contributed by atoms with van der Waals surface area (Å²) in [5.74, 6) is 0.521. The zero-order valence-corrected chi connectivity index (χ0v) is 12.8. The first-order valence-electron chi connectivity index (χ1n) is 7.34. The molecule has 0 spiro atoms. The fourth-order valence-electron chi connectivity index (χ4n) is 2.41. The molecular weight excluding hydrogens is 306 g/mol. The summed E-state index contributed by atoms with van der Waals surface area (Å²) in [6.45, 7) is 1.76. The molecule has 0 radical (unpaired) electrons. The first-order chi connectivity index (χ1) is 11.7. The second kappa shape index (κ2) is 5.62. The molecule has 0 fully saturated rings. The summed E-state index contributed by atoms with van der Waals surface area (Å²) in [7, 11) is 0. The molecule has 24 heavy (non-hydrogen) atoms. The van der Waals surface area contributed by atoms with Crippen LogP contribution < -0.4 is 5.32 Å². The number of nitrogens with zero attached hydrogens (tertiary/aromatic N) is 4. The van der Waals surface area contributed by atoms with Crippen LogP contribution in [-0.4, -0.2) is 25.6 Å². The molecule has 0 saturated carbocycles. The van der Waals surface area contributed by atoms with Crippen LogP contribution in [0.4, 0.5) is 5.69 Å². The van der Waals surface area contributed by atoms with Crippen molar-refractivity contribution in [3.05, 3.63) is 66.4 Å². The minimum Gasteiger partial charge on any atom is -0.351 e. The van der Waals surface area contributed by atoms with Crippen LogP contribution >= 0.6 is 0 Å². The number of nitrogens with one attached hydrogen (secondary N) is 1. The van der Waals surface area contributed by atoms with Gasteiger partial charge in [-0.05, 0) is 31.2 Å². The van der Waals surface area contributed by atoms with Crippen molar-refractivity contribution in [2.75, 3.05) is 5.32 Å². The molecule has 4 rings (SSSR count). The van der Waals surface area contributed by atoms with Crippen molar-refractivity contribution in [3.63, 3.8) is 0 Å². The second-order valence-corrected chi connectivity index (χ2v) is 5.30. The van der Waals surface area contributed by atoms with E-state index in [9.17, 15) is 4.79 Å². The minimum absolute atomic E-state index is 0.164. The highest BCUT2D eigenvalue weighted by atomic mass is 16.5. The van der Waals surface area contributed by atoms with Crippen molar-refractivity contribution in [3.8, 4) is 5.82 Å². The molecule has 0 unspecified atom stereocenters. The van der Waals surface area contributed by atoms with Gasteiger partial charge in [0.25, 0.3) is 5.91 Å². The van der Waals surface area contributed by atoms with E-state index in [1.165, 1.54) is 0 Å². The zero-order valence-electron chi connectivity index (χ0n) is 12.8. The molecule has 118 valence electrons. The van der Waals surface area contributed by atoms with E-state index in [0.717, 1.165) is 16.9 Å². The Hall–Kier alpha value is -3.48. The molecule has 0 bridgehead atoms. The number of carbonyl (C=O) groups is 1. The summed E-state index contributed by atoms with van der Waals surface area (Å²) < 4.78 is 6.82. The average molecular weight is 319 g/mol. The third kappa shape index (κ3) is 2.52. The maximum Gasteiger partial charge on any atom is 0.294 e. The van der Waals surface area contributed by atoms with E-state index in [1.807, 2.05) is 34.9 Å². The van der Waals surface area contributed by atoms with Gasteiger partial charge in [-0.25, -0.2) is 9.97 Å². The average Bonchev–Trinajstić information content (AvgIpc) is 3.22. The largest absolute Gasteiger partial charge is 0.351 e. The number of imidazole rings is 1. The Morgan fingerprint density at radius 1 is 1.17 bits per heavy atom. The molecule has 4 aromatic rings. The summed E-state index contributed by atoms with van der Waals surface area (Å²) in [6, 6.07) is 13.0. The van der Waals surface area contributed by atoms with Gasteiger partial charge in [0.05, 0.1) is 28.6 Å². The van der Waals surface area contributed by atoms with Gasteiger partial charge in [-0.2, -0.15) is 0 Å². The summed E-state index contributed by atoms with van der Waals surface area (Å²) in [5.41, 5.74) is 3.10. The Morgan fingerprint density at radius 2 is 2.04 bits per heavy atom. The summed E-state index contributed by atoms with van der Waals surface area (Å²) >= 11 is 0. The van der Waals surface area contributed by atoms with Gasteiger partial charge >= 0.3 is 0 Å². The molecular formula is C17H13N5O2. The maximum atomic E-state index is 12.0. The van der Waals surface area contributed by atoms with Crippen LogP contribution in [0, 0.1) is 6.92 Å². The predicted octanol–water partition coefficient (Wildman–Crippen LogP) is 2.97. The number of benzene rings is 1. The number of anilines is 1. The number of aryl methyl sites for hydroxylation is 1. The quantitative estimate of drug-likeness (QED) is 0.627. The van der Waals surface area contributed by atoms with E-state index >= 15 is 0 Å². The molecule has 0 saturated heterocycles. The number of amides is 1. The molecule has 1 aromatic carbocycles. The molecule has 0 atom stereocenters. The number of para-hydroxylation sites is 2. The molecule has 0 aliphatic rings. The van der Waals surface area contributed by atoms with E-state index in [4.69, 9.17) is 4.52 Å². The SMILES string of the molecule is Cc1cc(C(=O)Nc2ccc(-n3cnc4ccccc43)nc2)on1. The minimum atomic E-state index is -0.363. The van der Waals surface area contributed by atoms with Crippen molar-refractivity contribution in [2.24, 2.45) is 0 Å². The number of carbonyl (C=O) groups excluding carboxylic acids is 1. The topological polar surface area (TPSA) is 85.8 Å². The Bertz CT molecular complexity index is 1020. The molecule has 7 nitrogen and oxygen atoms in total. The standard InChI is InChI=1S/C17H13N5O2/c1-11-8-15(24-21-11)17(23)20-12-6-7-16(18-9-12)22-10-19-13-4-2-3-5-14(13)22/h2-10H,1H3,(H,20,23). The molecule has 7 heteroatoms. The lowest BCUT2D eigenvalue weighted by Crippen LogP contribution is -2.11. The van der Waals surface area contributed by atoms with Gasteiger partial charge in [-0.1, -0.05) is 17.3 Å². The van der Waals surface area contributed by atoms with Crippen molar-refractivity contribution in [2.45, 2.75) is 6.92 Å². The number of aromatic nitrogens is 4. The van der Waals surface area contributed by atoms with Crippen molar-refractivity contribution >= 4 is 22.6 Å². The Labute approximate surface area is 136 Å². The van der Waals surface area contributed by atoms with E-state index in [-0.39, 0.29) is 11.7 Å². The van der Waals surface area contributed by atoms with Gasteiger partial charge in [0.15, 0.2) is 0 Å². The van der Waals surface area contributed by atoms with Gasteiger partial charge in [-0.3, -0.25) is 9.36 Å². The Balaban J connectivity index is 1.57. The Morgan fingerprint density at radius 3 is 2.79 bits per heavy atom. The zero-order chi connectivity index (χ0) is 16.5. The van der Waals surface area contributed by atoms with Gasteiger partial charge in [0.2, 0.25) is 5.76 Å². The van der Waals surface area contributed by atoms with E-state index < -0.39 is 0 Å². The van der Waals surface area contributed by atoms with Crippen LogP contribution in [0.2, 0.25) is 0 Å². The third-order valence-electron chi connectivity index (χ3n) is 3.56. The van der Waals surface area contributed by atoms with E-state index in [0.29, 0.717) is 11.4 Å². The van der Waals surface area contributed by atoms with Crippen LogP contribution in [0.25, 0.3) is 16.9 Å². The van der Waals surface area contributed by atoms with E-state index in [1.54, 1.807) is 31.6 Å². The highest BCUT2D eigenvalue weighted by molar-refractivity contribution is 6.02. The lowest BCUT2D eigenvalue weighted by atomic mass is 10.3. The highest BCUT2D eigenvalue weighted by Gasteiger charge is 2.12. The van der Waals surface area contributed by atoms with Gasteiger partial charge in [0.1, 0.15) is 12.1 Å². The Kier molecular flexibility index (Phi) is 3.31. The lowest BCUT2D eigenvalue weighted by Gasteiger charge is -2.06. The van der Waals surface area contributed by atoms with Crippen LogP contribution in [-0.2, 0) is 0 Å². The molecule has 3 aromatic heterocycles. The highest BCUT2D eigenvalue weighted by Crippen LogP contribution is 2.18. The summed E-state index contributed by atoms with van der Waals surface area (Å²) in [6.07, 6.45) is 3.31. The summed E-state index contributed by atoms with van der Waals surface area (Å²) in [5, 5.41) is 6.42. The van der Waals surface area contributed by atoms with Gasteiger partial charge < -0.3 is 9.84 Å². The van der Waals surface area contributed by atoms with Crippen molar-refractivity contribution < 1.29 is 9.32 Å². The lowest BCUT2D eigenvalue weighted by molar-refractivity contribution is 0.0988. The number of fused-ring (bicyclic) bond motifs is 1. The fraction of sp³-hybridized carbons (Fsp3) is 0.0588. The van der Waals surface area contributed by atoms with Gasteiger partial charge in [-0.15, -0.1) is 0 Å². The summed E-state index contributed by atoms with van der Waals surface area (Å²) in [4.78, 5) is 20.8. The first kappa shape index (κ1) is 14.1. The molecule has 0 aliphatic carbocycles. The van der Waals surface area contributed by atoms with Crippen LogP contribution in [0.15, 0.2) is 59.5 Å². The number of hydrogen-bond donors (Lipinski definition) is 1. The van der Waals surface area contributed by atoms with Crippen LogP contribution in [0.3, 0.4) is 0 Å². The van der Waals surface area contributed by atoms with Crippen LogP contribution in [0.1, 0.15) is 16.2 Å². The molecule has 1 amide bonds. The van der Waals surface area contributed by atoms with Gasteiger partial charge in [0, 0.05) is 6.07 Å². The smallest absolute Gasteiger partial charge is 0.294 e. The predicted molar refractivity (Wildman–Crippen MR) is 88.1 cm³/mol. The monoisotopic (exact) mass is 319 g/mol. The normalized spacial score (nSPS) is 10.9. The third-order valence-corrected chi connectivity index (χ3v) is 3.56. The maximum absolute atomic E-state index is 12.0. The number of pyridine rings is 1. The number of rotatable bonds is 3. The molecule has 0 aliphatic heterocycles. The fourth-order valence-corrected chi connectivity index (χ4v) is 2.41. The first-order valence-corrected chi connectivity index (χ1v) is 7.34. The molecule has 3 heterocycles.